The molecule has 1 heterocycles. The average Bonchev–Trinajstić information content (AvgIpc) is 2.69. The van der Waals surface area contributed by atoms with Gasteiger partial charge in [-0.25, -0.2) is 12.7 Å². The van der Waals surface area contributed by atoms with Gasteiger partial charge in [-0.05, 0) is 12.1 Å². The van der Waals surface area contributed by atoms with Gasteiger partial charge in [-0.2, -0.15) is 11.8 Å². The Morgan fingerprint density at radius 2 is 1.92 bits per heavy atom. The Morgan fingerprint density at radius 1 is 1.25 bits per heavy atom. The van der Waals surface area contributed by atoms with E-state index in [2.05, 4.69) is 26.1 Å². The first-order valence-corrected chi connectivity index (χ1v) is 10.1. The number of thioether (sulfide) groups is 1. The molecule has 24 heavy (non-hydrogen) atoms. The van der Waals surface area contributed by atoms with Gasteiger partial charge in [0.15, 0.2) is 0 Å². The number of benzene rings is 1. The molecule has 1 aromatic carbocycles. The summed E-state index contributed by atoms with van der Waals surface area (Å²) in [6.07, 6.45) is -0.0425. The van der Waals surface area contributed by atoms with Crippen LogP contribution >= 0.6 is 11.8 Å². The van der Waals surface area contributed by atoms with Gasteiger partial charge in [0.2, 0.25) is 5.91 Å². The summed E-state index contributed by atoms with van der Waals surface area (Å²) in [6, 6.07) is 6.09. The maximum atomic E-state index is 12.3. The van der Waals surface area contributed by atoms with E-state index < -0.39 is 15.9 Å². The van der Waals surface area contributed by atoms with Crippen molar-refractivity contribution in [2.75, 3.05) is 18.8 Å². The van der Waals surface area contributed by atoms with Gasteiger partial charge in [-0.15, -0.1) is 0 Å². The van der Waals surface area contributed by atoms with Gasteiger partial charge >= 0.3 is 0 Å². The standard InChI is InChI=1S/C16H22N2O4S2/c1-16(2,3)23-11-9-17-14(19)8-10-18-15(20)12-6-4-5-7-13(12)24(18,21)22/h4-7H,8-11H2,1-3H3,(H,17,19). The number of hydrogen-bond acceptors (Lipinski definition) is 5. The summed E-state index contributed by atoms with van der Waals surface area (Å²) in [6.45, 7) is 6.67. The minimum atomic E-state index is -3.84. The zero-order chi connectivity index (χ0) is 18.0. The summed E-state index contributed by atoms with van der Waals surface area (Å²) < 4.78 is 25.6. The minimum absolute atomic E-state index is 0.0111. The van der Waals surface area contributed by atoms with Gasteiger partial charge < -0.3 is 5.32 Å². The van der Waals surface area contributed by atoms with E-state index in [4.69, 9.17) is 0 Å². The van der Waals surface area contributed by atoms with E-state index in [9.17, 15) is 18.0 Å². The van der Waals surface area contributed by atoms with E-state index in [1.54, 1.807) is 23.9 Å². The Kier molecular flexibility index (Phi) is 5.59. The molecule has 1 aliphatic heterocycles. The van der Waals surface area contributed by atoms with E-state index in [0.29, 0.717) is 6.54 Å². The fourth-order valence-corrected chi connectivity index (χ4v) is 4.68. The van der Waals surface area contributed by atoms with Crippen molar-refractivity contribution in [3.05, 3.63) is 29.8 Å². The summed E-state index contributed by atoms with van der Waals surface area (Å²) in [5.74, 6) is -0.0492. The lowest BCUT2D eigenvalue weighted by atomic mass is 10.2. The number of nitrogens with zero attached hydrogens (tertiary/aromatic N) is 1. The van der Waals surface area contributed by atoms with Crippen molar-refractivity contribution in [3.8, 4) is 0 Å². The molecule has 2 rings (SSSR count). The van der Waals surface area contributed by atoms with Gasteiger partial charge in [0.25, 0.3) is 15.9 Å². The Labute approximate surface area is 147 Å². The number of nitrogens with one attached hydrogen (secondary N) is 1. The molecule has 0 saturated heterocycles. The van der Waals surface area contributed by atoms with Crippen LogP contribution in [0, 0.1) is 0 Å². The van der Waals surface area contributed by atoms with Crippen LogP contribution in [0.15, 0.2) is 29.2 Å². The van der Waals surface area contributed by atoms with Gasteiger partial charge in [0.1, 0.15) is 4.90 Å². The highest BCUT2D eigenvalue weighted by Crippen LogP contribution is 2.29. The predicted molar refractivity (Wildman–Crippen MR) is 94.5 cm³/mol. The van der Waals surface area contributed by atoms with Gasteiger partial charge in [-0.3, -0.25) is 9.59 Å². The second kappa shape index (κ2) is 7.14. The van der Waals surface area contributed by atoms with Crippen LogP contribution in [0.1, 0.15) is 37.6 Å². The van der Waals surface area contributed by atoms with E-state index in [1.165, 1.54) is 12.1 Å². The summed E-state index contributed by atoms with van der Waals surface area (Å²) in [4.78, 5) is 24.1. The van der Waals surface area contributed by atoms with E-state index in [-0.39, 0.29) is 34.1 Å². The number of hydrogen-bond donors (Lipinski definition) is 1. The lowest BCUT2D eigenvalue weighted by molar-refractivity contribution is -0.120. The van der Waals surface area contributed by atoms with Crippen molar-refractivity contribution in [3.63, 3.8) is 0 Å². The molecule has 0 spiro atoms. The Hall–Kier alpha value is -1.54. The lowest BCUT2D eigenvalue weighted by Gasteiger charge is -2.18. The molecular formula is C16H22N2O4S2. The van der Waals surface area contributed by atoms with Crippen molar-refractivity contribution in [1.82, 2.24) is 9.62 Å². The topological polar surface area (TPSA) is 83.6 Å². The number of carbonyl (C=O) groups is 2. The molecule has 0 bridgehead atoms. The minimum Gasteiger partial charge on any atom is -0.355 e. The van der Waals surface area contributed by atoms with Crippen LogP contribution in [0.4, 0.5) is 0 Å². The first-order chi connectivity index (χ1) is 11.1. The highest BCUT2D eigenvalue weighted by atomic mass is 32.2. The van der Waals surface area contributed by atoms with E-state index >= 15 is 0 Å². The molecule has 0 aliphatic carbocycles. The summed E-state index contributed by atoms with van der Waals surface area (Å²) in [7, 11) is -3.84. The molecule has 0 unspecified atom stereocenters. The third-order valence-corrected chi connectivity index (χ3v) is 6.53. The quantitative estimate of drug-likeness (QED) is 0.773. The van der Waals surface area contributed by atoms with Crippen molar-refractivity contribution < 1.29 is 18.0 Å². The number of fused-ring (bicyclic) bond motifs is 1. The third kappa shape index (κ3) is 4.30. The zero-order valence-corrected chi connectivity index (χ0v) is 15.7. The molecule has 0 radical (unpaired) electrons. The van der Waals surface area contributed by atoms with Crippen LogP contribution < -0.4 is 5.32 Å². The van der Waals surface area contributed by atoms with Gasteiger partial charge in [0, 0.05) is 30.0 Å². The molecule has 132 valence electrons. The zero-order valence-electron chi connectivity index (χ0n) is 14.0. The molecule has 6 nitrogen and oxygen atoms in total. The molecule has 1 aliphatic rings. The lowest BCUT2D eigenvalue weighted by Crippen LogP contribution is -2.35. The van der Waals surface area contributed by atoms with Crippen LogP contribution in [-0.2, 0) is 14.8 Å². The van der Waals surface area contributed by atoms with Gasteiger partial charge in [-0.1, -0.05) is 32.9 Å². The predicted octanol–water partition coefficient (Wildman–Crippen LogP) is 1.87. The molecule has 0 saturated carbocycles. The maximum absolute atomic E-state index is 12.3. The summed E-state index contributed by atoms with van der Waals surface area (Å²) >= 11 is 1.74. The number of rotatable bonds is 6. The van der Waals surface area contributed by atoms with Crippen LogP contribution in [-0.4, -0.2) is 48.1 Å². The highest BCUT2D eigenvalue weighted by Gasteiger charge is 2.40. The first kappa shape index (κ1) is 18.8. The second-order valence-electron chi connectivity index (χ2n) is 6.44. The van der Waals surface area contributed by atoms with Crippen LogP contribution in [0.25, 0.3) is 0 Å². The number of amides is 2. The van der Waals surface area contributed by atoms with Crippen molar-refractivity contribution in [1.29, 1.82) is 0 Å². The normalized spacial score (nSPS) is 16.1. The van der Waals surface area contributed by atoms with Gasteiger partial charge in [0.05, 0.1) is 5.56 Å². The van der Waals surface area contributed by atoms with Crippen LogP contribution in [0.2, 0.25) is 0 Å². The molecule has 8 heteroatoms. The first-order valence-electron chi connectivity index (χ1n) is 7.70. The fourth-order valence-electron chi connectivity index (χ4n) is 2.29. The Bertz CT molecular complexity index is 739. The second-order valence-corrected chi connectivity index (χ2v) is 10.2. The maximum Gasteiger partial charge on any atom is 0.269 e. The van der Waals surface area contributed by atoms with Crippen molar-refractivity contribution in [2.24, 2.45) is 0 Å². The Balaban J connectivity index is 1.87. The SMILES string of the molecule is CC(C)(C)SCCNC(=O)CCN1C(=O)c2ccccc2S1(=O)=O. The molecular weight excluding hydrogens is 348 g/mol. The number of sulfonamides is 1. The monoisotopic (exact) mass is 370 g/mol. The fraction of sp³-hybridized carbons (Fsp3) is 0.500. The van der Waals surface area contributed by atoms with E-state index in [0.717, 1.165) is 10.1 Å². The molecule has 0 atom stereocenters. The van der Waals surface area contributed by atoms with Crippen molar-refractivity contribution >= 4 is 33.6 Å². The largest absolute Gasteiger partial charge is 0.355 e. The Morgan fingerprint density at radius 3 is 2.54 bits per heavy atom. The van der Waals surface area contributed by atoms with Crippen LogP contribution in [0.5, 0.6) is 0 Å². The molecule has 0 aromatic heterocycles. The smallest absolute Gasteiger partial charge is 0.269 e. The highest BCUT2D eigenvalue weighted by molar-refractivity contribution is 8.00. The summed E-state index contributed by atoms with van der Waals surface area (Å²) in [5.41, 5.74) is 0.166. The van der Waals surface area contributed by atoms with Crippen molar-refractivity contribution in [2.45, 2.75) is 36.8 Å². The third-order valence-electron chi connectivity index (χ3n) is 3.41. The molecule has 1 aromatic rings. The van der Waals surface area contributed by atoms with Crippen LogP contribution in [0.3, 0.4) is 0 Å². The number of carbonyl (C=O) groups excluding carboxylic acids is 2. The van der Waals surface area contributed by atoms with E-state index in [1.807, 2.05) is 0 Å². The average molecular weight is 370 g/mol. The summed E-state index contributed by atoms with van der Waals surface area (Å²) in [5, 5.41) is 2.75. The molecule has 2 amide bonds. The molecule has 1 N–H and O–H groups in total. The molecule has 0 fully saturated rings.